The fourth-order valence-electron chi connectivity index (χ4n) is 1.68. The Morgan fingerprint density at radius 1 is 1.57 bits per heavy atom. The Morgan fingerprint density at radius 3 is 2.93 bits per heavy atom. The number of carbonyl (C=O) groups is 1. The van der Waals surface area contributed by atoms with Crippen LogP contribution in [0, 0.1) is 5.92 Å². The fraction of sp³-hybridized carbons (Fsp3) is 0.455. The summed E-state index contributed by atoms with van der Waals surface area (Å²) in [4.78, 5) is 15.3. The second-order valence-corrected chi connectivity index (χ2v) is 3.48. The number of esters is 1. The van der Waals surface area contributed by atoms with E-state index in [1.807, 2.05) is 19.1 Å². The monoisotopic (exact) mass is 191 g/mol. The summed E-state index contributed by atoms with van der Waals surface area (Å²) in [7, 11) is 0. The Bertz CT molecular complexity index is 323. The zero-order valence-electron chi connectivity index (χ0n) is 8.14. The molecule has 2 rings (SSSR count). The lowest BCUT2D eigenvalue weighted by Gasteiger charge is -2.00. The highest BCUT2D eigenvalue weighted by molar-refractivity contribution is 5.77. The van der Waals surface area contributed by atoms with Gasteiger partial charge in [0.1, 0.15) is 0 Å². The zero-order valence-corrected chi connectivity index (χ0v) is 8.14. The van der Waals surface area contributed by atoms with Gasteiger partial charge in [0.2, 0.25) is 0 Å². The molecule has 0 N–H and O–H groups in total. The lowest BCUT2D eigenvalue weighted by molar-refractivity contribution is -0.144. The van der Waals surface area contributed by atoms with Crippen LogP contribution in [0.2, 0.25) is 0 Å². The van der Waals surface area contributed by atoms with E-state index in [9.17, 15) is 4.79 Å². The van der Waals surface area contributed by atoms with Crippen LogP contribution in [0.5, 0.6) is 0 Å². The van der Waals surface area contributed by atoms with Gasteiger partial charge < -0.3 is 4.74 Å². The van der Waals surface area contributed by atoms with Gasteiger partial charge in [-0.05, 0) is 37.0 Å². The molecule has 0 amide bonds. The average molecular weight is 191 g/mol. The molecule has 1 aliphatic carbocycles. The van der Waals surface area contributed by atoms with Crippen LogP contribution < -0.4 is 0 Å². The number of ether oxygens (including phenoxy) is 1. The summed E-state index contributed by atoms with van der Waals surface area (Å²) in [5.41, 5.74) is 1.19. The van der Waals surface area contributed by atoms with Crippen molar-refractivity contribution in [3.05, 3.63) is 30.1 Å². The van der Waals surface area contributed by atoms with E-state index >= 15 is 0 Å². The van der Waals surface area contributed by atoms with Crippen molar-refractivity contribution in [2.24, 2.45) is 5.92 Å². The van der Waals surface area contributed by atoms with E-state index in [1.54, 1.807) is 12.4 Å². The normalized spacial score (nSPS) is 24.4. The molecule has 0 unspecified atom stereocenters. The van der Waals surface area contributed by atoms with Gasteiger partial charge in [0.25, 0.3) is 0 Å². The number of hydrogen-bond donors (Lipinski definition) is 0. The van der Waals surface area contributed by atoms with Crippen molar-refractivity contribution >= 4 is 5.97 Å². The first-order valence-electron chi connectivity index (χ1n) is 4.89. The minimum Gasteiger partial charge on any atom is -0.466 e. The molecule has 1 saturated carbocycles. The number of rotatable bonds is 3. The summed E-state index contributed by atoms with van der Waals surface area (Å²) in [6, 6.07) is 3.92. The molecular formula is C11H13NO2. The van der Waals surface area contributed by atoms with Gasteiger partial charge in [0, 0.05) is 12.4 Å². The van der Waals surface area contributed by atoms with Crippen LogP contribution in [-0.2, 0) is 9.53 Å². The predicted molar refractivity (Wildman–Crippen MR) is 51.7 cm³/mol. The molecule has 1 fully saturated rings. The second-order valence-electron chi connectivity index (χ2n) is 3.48. The summed E-state index contributed by atoms with van der Waals surface area (Å²) in [5, 5.41) is 0. The molecule has 3 nitrogen and oxygen atoms in total. The number of pyridine rings is 1. The minimum absolute atomic E-state index is 0.0608. The maximum absolute atomic E-state index is 11.4. The molecule has 0 bridgehead atoms. The van der Waals surface area contributed by atoms with E-state index in [4.69, 9.17) is 4.74 Å². The highest BCUT2D eigenvalue weighted by Crippen LogP contribution is 2.47. The molecular weight excluding hydrogens is 178 g/mol. The van der Waals surface area contributed by atoms with Crippen molar-refractivity contribution < 1.29 is 9.53 Å². The SMILES string of the molecule is CCOC(=O)[C@H]1C[C@@H]1c1ccncc1. The number of carbonyl (C=O) groups excluding carboxylic acids is 1. The standard InChI is InChI=1S/C11H13NO2/c1-2-14-11(13)10-7-9(10)8-3-5-12-6-4-8/h3-6,9-10H,2,7H2,1H3/t9-,10+/m1/s1. The van der Waals surface area contributed by atoms with Crippen LogP contribution in [0.4, 0.5) is 0 Å². The van der Waals surface area contributed by atoms with Crippen LogP contribution in [-0.4, -0.2) is 17.6 Å². The van der Waals surface area contributed by atoms with Gasteiger partial charge >= 0.3 is 5.97 Å². The summed E-state index contributed by atoms with van der Waals surface area (Å²) >= 11 is 0. The Morgan fingerprint density at radius 2 is 2.29 bits per heavy atom. The van der Waals surface area contributed by atoms with Crippen LogP contribution in [0.3, 0.4) is 0 Å². The van der Waals surface area contributed by atoms with Crippen molar-refractivity contribution in [2.75, 3.05) is 6.61 Å². The highest BCUT2D eigenvalue weighted by Gasteiger charge is 2.44. The van der Waals surface area contributed by atoms with Gasteiger partial charge in [-0.2, -0.15) is 0 Å². The predicted octanol–water partition coefficient (Wildman–Crippen LogP) is 1.75. The largest absolute Gasteiger partial charge is 0.466 e. The molecule has 3 heteroatoms. The topological polar surface area (TPSA) is 39.2 Å². The molecule has 74 valence electrons. The Kier molecular flexibility index (Phi) is 2.48. The van der Waals surface area contributed by atoms with Gasteiger partial charge in [-0.15, -0.1) is 0 Å². The van der Waals surface area contributed by atoms with Gasteiger partial charge in [-0.1, -0.05) is 0 Å². The van der Waals surface area contributed by atoms with Crippen LogP contribution in [0.15, 0.2) is 24.5 Å². The third-order valence-corrected chi connectivity index (χ3v) is 2.51. The van der Waals surface area contributed by atoms with Crippen LogP contribution in [0.1, 0.15) is 24.8 Å². The molecule has 0 radical (unpaired) electrons. The van der Waals surface area contributed by atoms with E-state index in [1.165, 1.54) is 5.56 Å². The van der Waals surface area contributed by atoms with Crippen LogP contribution in [0.25, 0.3) is 0 Å². The Labute approximate surface area is 83.1 Å². The van der Waals surface area contributed by atoms with Gasteiger partial charge in [0.15, 0.2) is 0 Å². The first kappa shape index (κ1) is 9.19. The molecule has 14 heavy (non-hydrogen) atoms. The Hall–Kier alpha value is -1.38. The van der Waals surface area contributed by atoms with E-state index in [-0.39, 0.29) is 11.9 Å². The van der Waals surface area contributed by atoms with Crippen molar-refractivity contribution in [3.63, 3.8) is 0 Å². The molecule has 0 spiro atoms. The molecule has 0 saturated heterocycles. The van der Waals surface area contributed by atoms with Gasteiger partial charge in [-0.25, -0.2) is 0 Å². The third kappa shape index (κ3) is 1.76. The number of hydrogen-bond acceptors (Lipinski definition) is 3. The lowest BCUT2D eigenvalue weighted by atomic mass is 10.1. The van der Waals surface area contributed by atoms with E-state index < -0.39 is 0 Å². The molecule has 0 aliphatic heterocycles. The highest BCUT2D eigenvalue weighted by atomic mass is 16.5. The van der Waals surface area contributed by atoms with Gasteiger partial charge in [-0.3, -0.25) is 9.78 Å². The summed E-state index contributed by atoms with van der Waals surface area (Å²) in [6.07, 6.45) is 4.44. The first-order chi connectivity index (χ1) is 6.83. The molecule has 1 aromatic heterocycles. The molecule has 0 aromatic carbocycles. The molecule has 2 atom stereocenters. The minimum atomic E-state index is -0.0608. The van der Waals surface area contributed by atoms with Gasteiger partial charge in [0.05, 0.1) is 12.5 Å². The molecule has 1 aromatic rings. The summed E-state index contributed by atoms with van der Waals surface area (Å²) in [6.45, 7) is 2.31. The molecule has 1 heterocycles. The number of nitrogens with zero attached hydrogens (tertiary/aromatic N) is 1. The summed E-state index contributed by atoms with van der Waals surface area (Å²) < 4.78 is 4.96. The average Bonchev–Trinajstić information content (AvgIpc) is 2.99. The smallest absolute Gasteiger partial charge is 0.309 e. The number of aromatic nitrogens is 1. The van der Waals surface area contributed by atoms with Crippen molar-refractivity contribution in [1.82, 2.24) is 4.98 Å². The lowest BCUT2D eigenvalue weighted by Crippen LogP contribution is -2.07. The zero-order chi connectivity index (χ0) is 9.97. The Balaban J connectivity index is 1.96. The van der Waals surface area contributed by atoms with E-state index in [0.717, 1.165) is 6.42 Å². The third-order valence-electron chi connectivity index (χ3n) is 2.51. The van der Waals surface area contributed by atoms with E-state index in [2.05, 4.69) is 4.98 Å². The quantitative estimate of drug-likeness (QED) is 0.683. The van der Waals surface area contributed by atoms with Crippen LogP contribution >= 0.6 is 0 Å². The van der Waals surface area contributed by atoms with Crippen molar-refractivity contribution in [2.45, 2.75) is 19.3 Å². The second kappa shape index (κ2) is 3.78. The van der Waals surface area contributed by atoms with Crippen molar-refractivity contribution in [3.8, 4) is 0 Å². The van der Waals surface area contributed by atoms with Crippen molar-refractivity contribution in [1.29, 1.82) is 0 Å². The maximum Gasteiger partial charge on any atom is 0.309 e. The summed E-state index contributed by atoms with van der Waals surface area (Å²) in [5.74, 6) is 0.378. The maximum atomic E-state index is 11.4. The first-order valence-corrected chi connectivity index (χ1v) is 4.89. The molecule has 1 aliphatic rings. The fourth-order valence-corrected chi connectivity index (χ4v) is 1.68. The van der Waals surface area contributed by atoms with E-state index in [0.29, 0.717) is 12.5 Å².